The second kappa shape index (κ2) is 3.54. The van der Waals surface area contributed by atoms with Gasteiger partial charge in [0, 0.05) is 5.92 Å². The van der Waals surface area contributed by atoms with Crippen LogP contribution in [-0.2, 0) is 0 Å². The average Bonchev–Trinajstić information content (AvgIpc) is 2.94. The first-order chi connectivity index (χ1) is 7.08. The molecule has 0 amide bonds. The lowest BCUT2D eigenvalue weighted by Crippen LogP contribution is -2.15. The zero-order valence-electron chi connectivity index (χ0n) is 7.49. The van der Waals surface area contributed by atoms with Gasteiger partial charge in [-0.25, -0.2) is 4.79 Å². The topological polar surface area (TPSA) is 92.3 Å². The van der Waals surface area contributed by atoms with Crippen LogP contribution in [0, 0.1) is 0 Å². The number of nitrogens with zero attached hydrogens (tertiary/aromatic N) is 1. The normalized spacial score (nSPS) is 15.0. The first kappa shape index (κ1) is 9.97. The SMILES string of the molecule is O=C(O)Oc1nc(C2CC2)[nH]c(=O)c1Cl. The number of H-pyrrole nitrogens is 1. The molecule has 1 aromatic heterocycles. The molecule has 7 heteroatoms. The predicted molar refractivity (Wildman–Crippen MR) is 50.5 cm³/mol. The largest absolute Gasteiger partial charge is 0.512 e. The van der Waals surface area contributed by atoms with Crippen LogP contribution in [0.1, 0.15) is 24.6 Å². The Morgan fingerprint density at radius 1 is 1.60 bits per heavy atom. The van der Waals surface area contributed by atoms with Crippen LogP contribution in [0.15, 0.2) is 4.79 Å². The summed E-state index contributed by atoms with van der Waals surface area (Å²) >= 11 is 5.54. The highest BCUT2D eigenvalue weighted by Crippen LogP contribution is 2.38. The number of rotatable bonds is 2. The van der Waals surface area contributed by atoms with Crippen LogP contribution in [-0.4, -0.2) is 21.2 Å². The van der Waals surface area contributed by atoms with Gasteiger partial charge in [-0.15, -0.1) is 0 Å². The van der Waals surface area contributed by atoms with Crippen molar-refractivity contribution in [2.75, 3.05) is 0 Å². The predicted octanol–water partition coefficient (Wildman–Crippen LogP) is 1.36. The maximum atomic E-state index is 11.3. The maximum absolute atomic E-state index is 11.3. The number of carboxylic acid groups (broad SMARTS) is 1. The van der Waals surface area contributed by atoms with Gasteiger partial charge in [0.1, 0.15) is 5.82 Å². The van der Waals surface area contributed by atoms with E-state index in [1.807, 2.05) is 0 Å². The van der Waals surface area contributed by atoms with E-state index in [2.05, 4.69) is 14.7 Å². The fraction of sp³-hybridized carbons (Fsp3) is 0.375. The number of halogens is 1. The van der Waals surface area contributed by atoms with E-state index in [1.54, 1.807) is 0 Å². The first-order valence-corrected chi connectivity index (χ1v) is 4.66. The van der Waals surface area contributed by atoms with Gasteiger partial charge < -0.3 is 14.8 Å². The third-order valence-electron chi connectivity index (χ3n) is 2.00. The Bertz CT molecular complexity index is 466. The van der Waals surface area contributed by atoms with E-state index in [1.165, 1.54) is 0 Å². The molecule has 1 aromatic rings. The Balaban J connectivity index is 2.42. The average molecular weight is 231 g/mol. The van der Waals surface area contributed by atoms with E-state index in [-0.39, 0.29) is 16.8 Å². The summed E-state index contributed by atoms with van der Waals surface area (Å²) in [5.74, 6) is 0.265. The molecule has 2 rings (SSSR count). The number of ether oxygens (including phenoxy) is 1. The van der Waals surface area contributed by atoms with Crippen molar-refractivity contribution in [3.05, 3.63) is 21.2 Å². The zero-order chi connectivity index (χ0) is 11.0. The number of aromatic nitrogens is 2. The van der Waals surface area contributed by atoms with Gasteiger partial charge in [0.05, 0.1) is 0 Å². The Morgan fingerprint density at radius 2 is 2.27 bits per heavy atom. The summed E-state index contributed by atoms with van der Waals surface area (Å²) in [6, 6.07) is 0. The summed E-state index contributed by atoms with van der Waals surface area (Å²) in [6.45, 7) is 0. The lowest BCUT2D eigenvalue weighted by atomic mass is 10.4. The van der Waals surface area contributed by atoms with Crippen LogP contribution in [0.3, 0.4) is 0 Å². The molecule has 1 heterocycles. The Morgan fingerprint density at radius 3 is 2.80 bits per heavy atom. The van der Waals surface area contributed by atoms with E-state index >= 15 is 0 Å². The molecule has 1 fully saturated rings. The van der Waals surface area contributed by atoms with Gasteiger partial charge in [0.2, 0.25) is 0 Å². The van der Waals surface area contributed by atoms with Gasteiger partial charge in [0.25, 0.3) is 11.4 Å². The summed E-state index contributed by atoms with van der Waals surface area (Å²) in [5.41, 5.74) is -0.579. The van der Waals surface area contributed by atoms with Gasteiger partial charge in [-0.3, -0.25) is 4.79 Å². The second-order valence-corrected chi connectivity index (χ2v) is 3.59. The molecule has 2 N–H and O–H groups in total. The maximum Gasteiger partial charge on any atom is 0.512 e. The smallest absolute Gasteiger partial charge is 0.449 e. The number of aromatic amines is 1. The monoisotopic (exact) mass is 230 g/mol. The molecule has 0 bridgehead atoms. The van der Waals surface area contributed by atoms with E-state index < -0.39 is 11.7 Å². The number of hydrogen-bond acceptors (Lipinski definition) is 4. The highest BCUT2D eigenvalue weighted by atomic mass is 35.5. The lowest BCUT2D eigenvalue weighted by Gasteiger charge is -2.03. The molecule has 0 aromatic carbocycles. The minimum atomic E-state index is -1.54. The van der Waals surface area contributed by atoms with Crippen molar-refractivity contribution in [3.8, 4) is 5.88 Å². The van der Waals surface area contributed by atoms with Crippen molar-refractivity contribution in [3.63, 3.8) is 0 Å². The summed E-state index contributed by atoms with van der Waals surface area (Å²) in [6.07, 6.45) is 0.311. The molecule has 15 heavy (non-hydrogen) atoms. The molecule has 1 aliphatic carbocycles. The number of carbonyl (C=O) groups is 1. The number of nitrogens with one attached hydrogen (secondary N) is 1. The van der Waals surface area contributed by atoms with Gasteiger partial charge in [-0.2, -0.15) is 4.98 Å². The zero-order valence-corrected chi connectivity index (χ0v) is 8.24. The molecule has 0 aliphatic heterocycles. The van der Waals surface area contributed by atoms with Crippen LogP contribution in [0.5, 0.6) is 5.88 Å². The number of hydrogen-bond donors (Lipinski definition) is 2. The fourth-order valence-electron chi connectivity index (χ4n) is 1.16. The summed E-state index contributed by atoms with van der Waals surface area (Å²) in [7, 11) is 0. The standard InChI is InChI=1S/C8H7ClN2O4/c9-4-6(12)10-5(3-1-2-3)11-7(4)15-8(13)14/h3H,1-2H2,(H,13,14)(H,10,11,12). The quantitative estimate of drug-likeness (QED) is 0.749. The van der Waals surface area contributed by atoms with Crippen molar-refractivity contribution >= 4 is 17.8 Å². The van der Waals surface area contributed by atoms with E-state index in [9.17, 15) is 9.59 Å². The van der Waals surface area contributed by atoms with Crippen molar-refractivity contribution in [2.45, 2.75) is 18.8 Å². The molecular weight excluding hydrogens is 224 g/mol. The first-order valence-electron chi connectivity index (χ1n) is 4.28. The fourth-order valence-corrected chi connectivity index (χ4v) is 1.28. The highest BCUT2D eigenvalue weighted by molar-refractivity contribution is 6.31. The molecule has 0 atom stereocenters. The van der Waals surface area contributed by atoms with Gasteiger partial charge in [0.15, 0.2) is 5.02 Å². The van der Waals surface area contributed by atoms with Crippen LogP contribution in [0.2, 0.25) is 5.02 Å². The summed E-state index contributed by atoms with van der Waals surface area (Å²) in [5, 5.41) is 8.05. The molecule has 0 spiro atoms. The second-order valence-electron chi connectivity index (χ2n) is 3.21. The van der Waals surface area contributed by atoms with Gasteiger partial charge in [-0.1, -0.05) is 11.6 Å². The van der Waals surface area contributed by atoms with E-state index in [0.29, 0.717) is 5.82 Å². The lowest BCUT2D eigenvalue weighted by molar-refractivity contribution is 0.142. The third kappa shape index (κ3) is 2.10. The van der Waals surface area contributed by atoms with Crippen LogP contribution < -0.4 is 10.3 Å². The summed E-state index contributed by atoms with van der Waals surface area (Å²) < 4.78 is 4.30. The van der Waals surface area contributed by atoms with Crippen LogP contribution >= 0.6 is 11.6 Å². The molecule has 80 valence electrons. The minimum absolute atomic E-state index is 0.186. The molecule has 6 nitrogen and oxygen atoms in total. The van der Waals surface area contributed by atoms with E-state index in [4.69, 9.17) is 16.7 Å². The molecule has 1 saturated carbocycles. The van der Waals surface area contributed by atoms with Gasteiger partial charge >= 0.3 is 6.16 Å². The molecule has 0 unspecified atom stereocenters. The van der Waals surface area contributed by atoms with Crippen molar-refractivity contribution in [1.82, 2.24) is 9.97 Å². The van der Waals surface area contributed by atoms with Crippen LogP contribution in [0.4, 0.5) is 4.79 Å². The van der Waals surface area contributed by atoms with Crippen LogP contribution in [0.25, 0.3) is 0 Å². The summed E-state index contributed by atoms with van der Waals surface area (Å²) in [4.78, 5) is 27.9. The Kier molecular flexibility index (Phi) is 2.36. The molecular formula is C8H7ClN2O4. The highest BCUT2D eigenvalue weighted by Gasteiger charge is 2.28. The Labute approximate surface area is 88.9 Å². The van der Waals surface area contributed by atoms with Crippen molar-refractivity contribution in [1.29, 1.82) is 0 Å². The van der Waals surface area contributed by atoms with Crippen molar-refractivity contribution < 1.29 is 14.6 Å². The molecule has 1 aliphatic rings. The minimum Gasteiger partial charge on any atom is -0.449 e. The van der Waals surface area contributed by atoms with Gasteiger partial charge in [-0.05, 0) is 12.8 Å². The van der Waals surface area contributed by atoms with E-state index in [0.717, 1.165) is 12.8 Å². The third-order valence-corrected chi connectivity index (χ3v) is 2.33. The molecule has 0 saturated heterocycles. The van der Waals surface area contributed by atoms with Crippen molar-refractivity contribution in [2.24, 2.45) is 0 Å². The molecule has 0 radical (unpaired) electrons. The Hall–Kier alpha value is -1.56.